The van der Waals surface area contributed by atoms with Crippen LogP contribution in [0.25, 0.3) is 11.3 Å². The molecule has 2 amide bonds. The van der Waals surface area contributed by atoms with Gasteiger partial charge in [0.2, 0.25) is 11.9 Å². The SMILES string of the molecule is C=C(F)CCC(=O)Nc1cnc(-c2cnn(C)c2NC(=O)OC(C)c2cc(F)cnc2F)c(F)c1. The molecule has 0 saturated carbocycles. The van der Waals surface area contributed by atoms with Gasteiger partial charge in [0, 0.05) is 26.0 Å². The molecule has 0 aromatic carbocycles. The molecule has 2 N–H and O–H groups in total. The first-order valence-electron chi connectivity index (χ1n) is 10.1. The third-order valence-electron chi connectivity index (χ3n) is 4.72. The number of aromatic nitrogens is 4. The summed E-state index contributed by atoms with van der Waals surface area (Å²) in [5.41, 5.74) is -0.346. The highest BCUT2D eigenvalue weighted by molar-refractivity contribution is 5.91. The number of carbonyl (C=O) groups is 2. The number of ether oxygens (including phenoxy) is 1. The number of rotatable bonds is 8. The van der Waals surface area contributed by atoms with Crippen LogP contribution in [0.4, 0.5) is 33.9 Å². The summed E-state index contributed by atoms with van der Waals surface area (Å²) >= 11 is 0. The van der Waals surface area contributed by atoms with E-state index in [9.17, 15) is 27.2 Å². The Morgan fingerprint density at radius 1 is 1.11 bits per heavy atom. The second-order valence-corrected chi connectivity index (χ2v) is 7.36. The number of amides is 2. The molecule has 1 unspecified atom stereocenters. The van der Waals surface area contributed by atoms with Gasteiger partial charge in [-0.2, -0.15) is 9.49 Å². The van der Waals surface area contributed by atoms with E-state index in [2.05, 4.69) is 32.3 Å². The summed E-state index contributed by atoms with van der Waals surface area (Å²) in [4.78, 5) is 31.4. The van der Waals surface area contributed by atoms with Crippen LogP contribution in [0.15, 0.2) is 43.1 Å². The number of nitrogens with one attached hydrogen (secondary N) is 2. The largest absolute Gasteiger partial charge is 0.441 e. The molecule has 0 aliphatic heterocycles. The molecule has 0 aliphatic carbocycles. The maximum Gasteiger partial charge on any atom is 0.413 e. The summed E-state index contributed by atoms with van der Waals surface area (Å²) in [7, 11) is 1.46. The molecule has 0 saturated heterocycles. The fourth-order valence-electron chi connectivity index (χ4n) is 3.01. The van der Waals surface area contributed by atoms with Crippen LogP contribution in [-0.2, 0) is 16.6 Å². The Kier molecular flexibility index (Phi) is 7.79. The van der Waals surface area contributed by atoms with Gasteiger partial charge in [0.25, 0.3) is 0 Å². The lowest BCUT2D eigenvalue weighted by atomic mass is 10.2. The first-order valence-corrected chi connectivity index (χ1v) is 10.1. The summed E-state index contributed by atoms with van der Waals surface area (Å²) in [6.07, 6.45) is 0.524. The second kappa shape index (κ2) is 10.8. The summed E-state index contributed by atoms with van der Waals surface area (Å²) in [5.74, 6) is -3.85. The van der Waals surface area contributed by atoms with Crippen LogP contribution in [0.1, 0.15) is 31.4 Å². The van der Waals surface area contributed by atoms with Gasteiger partial charge in [0.15, 0.2) is 5.82 Å². The first-order chi connectivity index (χ1) is 16.5. The number of carbonyl (C=O) groups excluding carboxylic acids is 2. The van der Waals surface area contributed by atoms with Crippen molar-refractivity contribution in [3.63, 3.8) is 0 Å². The van der Waals surface area contributed by atoms with Crippen LogP contribution in [0.5, 0.6) is 0 Å². The maximum atomic E-state index is 14.8. The van der Waals surface area contributed by atoms with E-state index < -0.39 is 41.5 Å². The highest BCUT2D eigenvalue weighted by Gasteiger charge is 2.22. The Balaban J connectivity index is 1.74. The van der Waals surface area contributed by atoms with E-state index in [0.717, 1.165) is 12.1 Å². The van der Waals surface area contributed by atoms with Gasteiger partial charge in [0.05, 0.1) is 41.2 Å². The summed E-state index contributed by atoms with van der Waals surface area (Å²) in [5, 5.41) is 8.74. The molecule has 35 heavy (non-hydrogen) atoms. The molecule has 3 rings (SSSR count). The van der Waals surface area contributed by atoms with Crippen molar-refractivity contribution in [2.75, 3.05) is 10.6 Å². The zero-order valence-corrected chi connectivity index (χ0v) is 18.6. The number of anilines is 2. The van der Waals surface area contributed by atoms with Gasteiger partial charge in [-0.25, -0.2) is 22.9 Å². The standard InChI is InChI=1S/C22H20F4N6O3/c1-11(23)4-5-18(33)30-14-7-17(25)19(27-9-14)16-10-29-32(3)21(16)31-22(34)35-12(2)15-6-13(24)8-28-20(15)26/h6-10,12H,1,4-5H2,2-3H3,(H,30,33)(H,31,34). The molecule has 0 bridgehead atoms. The van der Waals surface area contributed by atoms with Gasteiger partial charge in [-0.1, -0.05) is 6.58 Å². The van der Waals surface area contributed by atoms with Crippen molar-refractivity contribution in [1.82, 2.24) is 19.7 Å². The molecule has 9 nitrogen and oxygen atoms in total. The number of pyridine rings is 2. The molecule has 0 fully saturated rings. The lowest BCUT2D eigenvalue weighted by Crippen LogP contribution is -2.19. The van der Waals surface area contributed by atoms with Gasteiger partial charge in [-0.3, -0.25) is 19.8 Å². The number of allylic oxidation sites excluding steroid dienone is 1. The maximum absolute atomic E-state index is 14.8. The van der Waals surface area contributed by atoms with E-state index in [4.69, 9.17) is 4.74 Å². The quantitative estimate of drug-likeness (QED) is 0.345. The Labute approximate surface area is 196 Å². The highest BCUT2D eigenvalue weighted by Crippen LogP contribution is 2.30. The van der Waals surface area contributed by atoms with Crippen LogP contribution in [0, 0.1) is 17.6 Å². The van der Waals surface area contributed by atoms with E-state index in [-0.39, 0.29) is 41.2 Å². The van der Waals surface area contributed by atoms with Crippen LogP contribution in [0.3, 0.4) is 0 Å². The van der Waals surface area contributed by atoms with Crippen LogP contribution in [-0.4, -0.2) is 31.7 Å². The van der Waals surface area contributed by atoms with Crippen molar-refractivity contribution in [3.8, 4) is 11.3 Å². The first kappa shape index (κ1) is 25.3. The zero-order chi connectivity index (χ0) is 25.7. The predicted octanol–water partition coefficient (Wildman–Crippen LogP) is 4.81. The van der Waals surface area contributed by atoms with Crippen molar-refractivity contribution >= 4 is 23.5 Å². The van der Waals surface area contributed by atoms with Crippen molar-refractivity contribution < 1.29 is 31.9 Å². The van der Waals surface area contributed by atoms with Gasteiger partial charge < -0.3 is 10.1 Å². The smallest absolute Gasteiger partial charge is 0.413 e. The Morgan fingerprint density at radius 3 is 2.54 bits per heavy atom. The number of nitrogens with zero attached hydrogens (tertiary/aromatic N) is 4. The molecule has 0 aliphatic rings. The van der Waals surface area contributed by atoms with E-state index in [0.29, 0.717) is 6.20 Å². The molecule has 1 atom stereocenters. The van der Waals surface area contributed by atoms with Crippen molar-refractivity contribution in [1.29, 1.82) is 0 Å². The second-order valence-electron chi connectivity index (χ2n) is 7.36. The van der Waals surface area contributed by atoms with Gasteiger partial charge in [-0.05, 0) is 13.0 Å². The van der Waals surface area contributed by atoms with Crippen LogP contribution >= 0.6 is 0 Å². The Bertz CT molecular complexity index is 1280. The Morgan fingerprint density at radius 2 is 1.86 bits per heavy atom. The third kappa shape index (κ3) is 6.40. The average Bonchev–Trinajstić information content (AvgIpc) is 3.13. The van der Waals surface area contributed by atoms with E-state index in [1.54, 1.807) is 0 Å². The van der Waals surface area contributed by atoms with Gasteiger partial charge >= 0.3 is 6.09 Å². The van der Waals surface area contributed by atoms with E-state index in [1.165, 1.54) is 31.0 Å². The molecule has 3 aromatic rings. The Hall–Kier alpha value is -4.29. The number of aryl methyl sites for hydroxylation is 1. The van der Waals surface area contributed by atoms with Gasteiger partial charge in [0.1, 0.15) is 23.4 Å². The monoisotopic (exact) mass is 492 g/mol. The van der Waals surface area contributed by atoms with E-state index >= 15 is 0 Å². The lowest BCUT2D eigenvalue weighted by Gasteiger charge is -2.15. The molecule has 13 heteroatoms. The van der Waals surface area contributed by atoms with Crippen LogP contribution in [0.2, 0.25) is 0 Å². The predicted molar refractivity (Wildman–Crippen MR) is 117 cm³/mol. The normalized spacial score (nSPS) is 11.6. The molecular weight excluding hydrogens is 472 g/mol. The number of halogens is 4. The summed E-state index contributed by atoms with van der Waals surface area (Å²) in [6.45, 7) is 4.38. The third-order valence-corrected chi connectivity index (χ3v) is 4.72. The highest BCUT2D eigenvalue weighted by atomic mass is 19.1. The van der Waals surface area contributed by atoms with E-state index in [1.807, 2.05) is 0 Å². The fraction of sp³-hybridized carbons (Fsp3) is 0.227. The zero-order valence-electron chi connectivity index (χ0n) is 18.6. The minimum Gasteiger partial charge on any atom is -0.441 e. The minimum absolute atomic E-state index is 0.00434. The average molecular weight is 492 g/mol. The van der Waals surface area contributed by atoms with Crippen LogP contribution < -0.4 is 10.6 Å². The number of hydrogen-bond donors (Lipinski definition) is 2. The van der Waals surface area contributed by atoms with Crippen molar-refractivity contribution in [2.45, 2.75) is 25.9 Å². The molecular formula is C22H20F4N6O3. The number of hydrogen-bond acceptors (Lipinski definition) is 6. The molecule has 0 radical (unpaired) electrons. The minimum atomic E-state index is -1.19. The molecule has 0 spiro atoms. The fourth-order valence-corrected chi connectivity index (χ4v) is 3.01. The van der Waals surface area contributed by atoms with Crippen molar-refractivity contribution in [3.05, 3.63) is 66.3 Å². The van der Waals surface area contributed by atoms with Gasteiger partial charge in [-0.15, -0.1) is 0 Å². The summed E-state index contributed by atoms with van der Waals surface area (Å²) < 4.78 is 61.0. The molecule has 3 aromatic heterocycles. The van der Waals surface area contributed by atoms with Crippen molar-refractivity contribution in [2.24, 2.45) is 7.05 Å². The molecule has 184 valence electrons. The lowest BCUT2D eigenvalue weighted by molar-refractivity contribution is -0.116. The molecule has 3 heterocycles. The summed E-state index contributed by atoms with van der Waals surface area (Å²) in [6, 6.07) is 1.85. The topological polar surface area (TPSA) is 111 Å².